The fourth-order valence-corrected chi connectivity index (χ4v) is 3.72. The highest BCUT2D eigenvalue weighted by molar-refractivity contribution is 6.07. The lowest BCUT2D eigenvalue weighted by atomic mass is 9.86. The molecule has 1 spiro atoms. The molecule has 3 heterocycles. The lowest BCUT2D eigenvalue weighted by Gasteiger charge is -2.38. The maximum absolute atomic E-state index is 13.1. The van der Waals surface area contributed by atoms with Gasteiger partial charge < -0.3 is 19.5 Å². The summed E-state index contributed by atoms with van der Waals surface area (Å²) in [6.45, 7) is 5.32. The molecule has 0 atom stereocenters. The maximum Gasteiger partial charge on any atom is 0.327 e. The van der Waals surface area contributed by atoms with Crippen LogP contribution in [0.2, 0.25) is 0 Å². The predicted molar refractivity (Wildman–Crippen MR) is 97.1 cm³/mol. The molecule has 3 rings (SSSR count). The van der Waals surface area contributed by atoms with Gasteiger partial charge >= 0.3 is 6.03 Å². The predicted octanol–water partition coefficient (Wildman–Crippen LogP) is 0.431. The minimum absolute atomic E-state index is 0. The van der Waals surface area contributed by atoms with E-state index in [0.29, 0.717) is 39.1 Å². The number of nitrogens with one attached hydrogen (secondary N) is 1. The molecule has 10 heteroatoms. The zero-order chi connectivity index (χ0) is 17.9. The summed E-state index contributed by atoms with van der Waals surface area (Å²) >= 11 is 0. The Balaban J connectivity index is 0.00000243. The third kappa shape index (κ3) is 3.70. The average molecular weight is 387 g/mol. The third-order valence-electron chi connectivity index (χ3n) is 5.16. The summed E-state index contributed by atoms with van der Waals surface area (Å²) in [4.78, 5) is 29.3. The normalized spacial score (nSPS) is 19.3. The summed E-state index contributed by atoms with van der Waals surface area (Å²) in [6.07, 6.45) is 3.67. The second-order valence-electron chi connectivity index (χ2n) is 6.59. The topological polar surface area (TPSA) is 92.6 Å². The second kappa shape index (κ2) is 8.79. The highest BCUT2D eigenvalue weighted by atomic mass is 35.5. The van der Waals surface area contributed by atoms with Crippen LogP contribution < -0.4 is 5.32 Å². The molecule has 2 aliphatic heterocycles. The molecule has 146 valence electrons. The van der Waals surface area contributed by atoms with Crippen LogP contribution in [0.1, 0.15) is 25.1 Å². The summed E-state index contributed by atoms with van der Waals surface area (Å²) < 4.78 is 6.96. The van der Waals surface area contributed by atoms with Crippen LogP contribution in [0.5, 0.6) is 0 Å². The number of aryl methyl sites for hydroxylation is 1. The number of carbonyl (C=O) groups excluding carboxylic acids is 2. The Morgan fingerprint density at radius 3 is 2.58 bits per heavy atom. The number of hydrogen-bond acceptors (Lipinski definition) is 6. The molecular formula is C16H27ClN6O3. The first kappa shape index (κ1) is 20.6. The molecule has 0 aliphatic carbocycles. The first-order chi connectivity index (χ1) is 12.1. The monoisotopic (exact) mass is 386 g/mol. The van der Waals surface area contributed by atoms with Gasteiger partial charge in [-0.15, -0.1) is 22.6 Å². The van der Waals surface area contributed by atoms with Gasteiger partial charge in [0.25, 0.3) is 5.91 Å². The summed E-state index contributed by atoms with van der Waals surface area (Å²) in [5.41, 5.74) is -0.696. The van der Waals surface area contributed by atoms with Crippen LogP contribution in [0.4, 0.5) is 4.79 Å². The average Bonchev–Trinajstić information content (AvgIpc) is 3.10. The van der Waals surface area contributed by atoms with Crippen molar-refractivity contribution in [2.24, 2.45) is 0 Å². The summed E-state index contributed by atoms with van der Waals surface area (Å²) in [7, 11) is 1.64. The van der Waals surface area contributed by atoms with Crippen molar-refractivity contribution in [3.05, 3.63) is 12.2 Å². The molecule has 9 nitrogen and oxygen atoms in total. The molecule has 1 aromatic heterocycles. The number of ether oxygens (including phenoxy) is 1. The summed E-state index contributed by atoms with van der Waals surface area (Å²) in [6, 6.07) is -0.186. The van der Waals surface area contributed by atoms with E-state index in [-0.39, 0.29) is 24.3 Å². The molecule has 0 saturated carbocycles. The van der Waals surface area contributed by atoms with Crippen molar-refractivity contribution < 1.29 is 14.3 Å². The second-order valence-corrected chi connectivity index (χ2v) is 6.59. The van der Waals surface area contributed by atoms with E-state index in [1.165, 1.54) is 4.90 Å². The zero-order valence-corrected chi connectivity index (χ0v) is 16.1. The number of urea groups is 1. The van der Waals surface area contributed by atoms with Crippen LogP contribution in [-0.2, 0) is 16.1 Å². The molecule has 2 fully saturated rings. The Morgan fingerprint density at radius 1 is 1.23 bits per heavy atom. The van der Waals surface area contributed by atoms with Crippen molar-refractivity contribution in [3.63, 3.8) is 0 Å². The van der Waals surface area contributed by atoms with Gasteiger partial charge in [0.2, 0.25) is 0 Å². The quantitative estimate of drug-likeness (QED) is 0.539. The molecule has 0 radical (unpaired) electrons. The molecule has 0 aromatic carbocycles. The molecule has 2 saturated heterocycles. The SMILES string of the molecule is COCCCN1C(=O)N(CCn2cnnc2C)C(=O)C12CCNCC2.Cl. The van der Waals surface area contributed by atoms with E-state index >= 15 is 0 Å². The van der Waals surface area contributed by atoms with E-state index in [9.17, 15) is 9.59 Å². The first-order valence-electron chi connectivity index (χ1n) is 8.78. The Labute approximate surface area is 159 Å². The van der Waals surface area contributed by atoms with Crippen LogP contribution >= 0.6 is 12.4 Å². The largest absolute Gasteiger partial charge is 0.385 e. The van der Waals surface area contributed by atoms with Crippen molar-refractivity contribution in [1.29, 1.82) is 0 Å². The lowest BCUT2D eigenvalue weighted by Crippen LogP contribution is -2.56. The number of imide groups is 1. The van der Waals surface area contributed by atoms with Gasteiger partial charge in [0.15, 0.2) is 0 Å². The third-order valence-corrected chi connectivity index (χ3v) is 5.16. The lowest BCUT2D eigenvalue weighted by molar-refractivity contribution is -0.134. The van der Waals surface area contributed by atoms with Gasteiger partial charge in [0.05, 0.1) is 0 Å². The number of halogens is 1. The Kier molecular flexibility index (Phi) is 6.96. The van der Waals surface area contributed by atoms with Crippen molar-refractivity contribution in [2.75, 3.05) is 39.9 Å². The zero-order valence-electron chi connectivity index (χ0n) is 15.3. The molecule has 0 unspecified atom stereocenters. The standard InChI is InChI=1S/C16H26N6O3.ClH/c1-13-19-18-12-20(13)9-10-21-14(23)16(4-6-17-7-5-16)22(15(21)24)8-3-11-25-2;/h12,17H,3-11H2,1-2H3;1H. The molecule has 26 heavy (non-hydrogen) atoms. The number of carbonyl (C=O) groups is 2. The molecule has 1 N–H and O–H groups in total. The van der Waals surface area contributed by atoms with Crippen LogP contribution in [-0.4, -0.2) is 81.9 Å². The minimum atomic E-state index is -0.696. The molecular weight excluding hydrogens is 360 g/mol. The van der Waals surface area contributed by atoms with Gasteiger partial charge in [0.1, 0.15) is 17.7 Å². The van der Waals surface area contributed by atoms with E-state index in [4.69, 9.17) is 4.74 Å². The fourth-order valence-electron chi connectivity index (χ4n) is 3.72. The van der Waals surface area contributed by atoms with E-state index in [1.807, 2.05) is 11.5 Å². The number of aromatic nitrogens is 3. The van der Waals surface area contributed by atoms with Crippen molar-refractivity contribution >= 4 is 24.3 Å². The minimum Gasteiger partial charge on any atom is -0.385 e. The van der Waals surface area contributed by atoms with Crippen molar-refractivity contribution in [2.45, 2.75) is 38.3 Å². The van der Waals surface area contributed by atoms with Gasteiger partial charge in [-0.2, -0.15) is 0 Å². The number of nitrogens with zero attached hydrogens (tertiary/aromatic N) is 5. The van der Waals surface area contributed by atoms with Gasteiger partial charge in [-0.25, -0.2) is 4.79 Å². The number of rotatable bonds is 7. The van der Waals surface area contributed by atoms with Gasteiger partial charge in [-0.3, -0.25) is 9.69 Å². The Bertz CT molecular complexity index is 631. The Hall–Kier alpha value is -1.71. The highest BCUT2D eigenvalue weighted by Gasteiger charge is 2.56. The van der Waals surface area contributed by atoms with E-state index in [1.54, 1.807) is 18.3 Å². The van der Waals surface area contributed by atoms with Crippen molar-refractivity contribution in [3.8, 4) is 0 Å². The molecule has 2 aliphatic rings. The van der Waals surface area contributed by atoms with E-state index in [2.05, 4.69) is 15.5 Å². The summed E-state index contributed by atoms with van der Waals surface area (Å²) in [5, 5.41) is 11.1. The number of amides is 3. The van der Waals surface area contributed by atoms with E-state index < -0.39 is 5.54 Å². The molecule has 3 amide bonds. The fraction of sp³-hybridized carbons (Fsp3) is 0.750. The van der Waals surface area contributed by atoms with Gasteiger partial charge in [-0.1, -0.05) is 0 Å². The van der Waals surface area contributed by atoms with E-state index in [0.717, 1.165) is 25.3 Å². The van der Waals surface area contributed by atoms with Crippen LogP contribution in [0.15, 0.2) is 6.33 Å². The smallest absolute Gasteiger partial charge is 0.327 e. The maximum atomic E-state index is 13.1. The van der Waals surface area contributed by atoms with Gasteiger partial charge in [-0.05, 0) is 39.3 Å². The molecule has 1 aromatic rings. The Morgan fingerprint density at radius 2 is 1.96 bits per heavy atom. The van der Waals surface area contributed by atoms with Crippen LogP contribution in [0.25, 0.3) is 0 Å². The van der Waals surface area contributed by atoms with Crippen LogP contribution in [0.3, 0.4) is 0 Å². The number of hydrogen-bond donors (Lipinski definition) is 1. The summed E-state index contributed by atoms with van der Waals surface area (Å²) in [5.74, 6) is 0.703. The first-order valence-corrected chi connectivity index (χ1v) is 8.78. The number of piperidine rings is 1. The molecule has 0 bridgehead atoms. The van der Waals surface area contributed by atoms with Crippen molar-refractivity contribution in [1.82, 2.24) is 29.9 Å². The number of methoxy groups -OCH3 is 1. The highest BCUT2D eigenvalue weighted by Crippen LogP contribution is 2.35. The van der Waals surface area contributed by atoms with Crippen LogP contribution in [0, 0.1) is 6.92 Å². The van der Waals surface area contributed by atoms with Gasteiger partial charge in [0, 0.05) is 33.4 Å².